The molecule has 1 unspecified atom stereocenters. The third-order valence-electron chi connectivity index (χ3n) is 4.81. The van der Waals surface area contributed by atoms with Crippen molar-refractivity contribution in [3.8, 4) is 0 Å². The summed E-state index contributed by atoms with van der Waals surface area (Å²) >= 11 is 0. The Labute approximate surface area is 151 Å². The molecule has 0 spiro atoms. The summed E-state index contributed by atoms with van der Waals surface area (Å²) in [4.78, 5) is 14.9. The lowest BCUT2D eigenvalue weighted by molar-refractivity contribution is -0.263. The van der Waals surface area contributed by atoms with Gasteiger partial charge in [-0.25, -0.2) is 0 Å². The Kier molecular flexibility index (Phi) is 7.41. The molecule has 0 aliphatic carbocycles. The molecule has 1 aliphatic heterocycles. The fourth-order valence-electron chi connectivity index (χ4n) is 3.64. The number of carbonyl (C=O) groups excluding carboxylic acids is 1. The van der Waals surface area contributed by atoms with E-state index in [-0.39, 0.29) is 18.1 Å². The molecule has 1 aromatic carbocycles. The highest BCUT2D eigenvalue weighted by molar-refractivity contribution is 5.76. The van der Waals surface area contributed by atoms with Gasteiger partial charge < -0.3 is 14.2 Å². The first kappa shape index (κ1) is 19.9. The number of ether oxygens (including phenoxy) is 3. The number of nitrogens with zero attached hydrogens (tertiary/aromatic N) is 1. The van der Waals surface area contributed by atoms with Gasteiger partial charge in [0.05, 0.1) is 6.61 Å². The van der Waals surface area contributed by atoms with E-state index in [1.165, 1.54) is 5.56 Å². The Hall–Kier alpha value is -1.43. The van der Waals surface area contributed by atoms with Crippen molar-refractivity contribution < 1.29 is 19.0 Å². The van der Waals surface area contributed by atoms with Crippen LogP contribution in [0.4, 0.5) is 0 Å². The van der Waals surface area contributed by atoms with E-state index >= 15 is 0 Å². The SMILES string of the molecule is CCOC(=O)C1CC(OCC)(OCC)CCN1[C@@H](C)c1ccccc1. The van der Waals surface area contributed by atoms with E-state index in [0.29, 0.717) is 26.2 Å². The Balaban J connectivity index is 2.25. The number of hydrogen-bond donors (Lipinski definition) is 0. The third-order valence-corrected chi connectivity index (χ3v) is 4.81. The molecule has 5 heteroatoms. The van der Waals surface area contributed by atoms with Gasteiger partial charge in [-0.3, -0.25) is 9.69 Å². The van der Waals surface area contributed by atoms with E-state index in [9.17, 15) is 4.79 Å². The van der Waals surface area contributed by atoms with Gasteiger partial charge in [0.1, 0.15) is 6.04 Å². The first-order valence-corrected chi connectivity index (χ1v) is 9.32. The van der Waals surface area contributed by atoms with Crippen LogP contribution in [-0.4, -0.2) is 49.1 Å². The number of benzene rings is 1. The van der Waals surface area contributed by atoms with Crippen LogP contribution in [0.25, 0.3) is 0 Å². The number of esters is 1. The maximum Gasteiger partial charge on any atom is 0.323 e. The lowest BCUT2D eigenvalue weighted by Crippen LogP contribution is -2.56. The fourth-order valence-corrected chi connectivity index (χ4v) is 3.64. The number of hydrogen-bond acceptors (Lipinski definition) is 5. The van der Waals surface area contributed by atoms with Gasteiger partial charge >= 0.3 is 5.97 Å². The lowest BCUT2D eigenvalue weighted by Gasteiger charge is -2.46. The molecule has 0 amide bonds. The minimum atomic E-state index is -0.701. The standard InChI is InChI=1S/C20H31NO4/c1-5-23-19(22)18-15-20(24-6-2,25-7-3)13-14-21(18)16(4)17-11-9-8-10-12-17/h8-12,16,18H,5-7,13-15H2,1-4H3/t16-,18?/m0/s1. The minimum absolute atomic E-state index is 0.122. The molecule has 0 saturated carbocycles. The molecule has 1 aliphatic rings. The molecule has 1 fully saturated rings. The number of carbonyl (C=O) groups is 1. The summed E-state index contributed by atoms with van der Waals surface area (Å²) in [5, 5.41) is 0. The maximum atomic E-state index is 12.7. The topological polar surface area (TPSA) is 48.0 Å². The van der Waals surface area contributed by atoms with Crippen LogP contribution in [0.1, 0.15) is 52.1 Å². The molecule has 1 aromatic rings. The molecule has 1 heterocycles. The zero-order valence-electron chi connectivity index (χ0n) is 15.9. The minimum Gasteiger partial charge on any atom is -0.465 e. The van der Waals surface area contributed by atoms with Crippen LogP contribution in [0.5, 0.6) is 0 Å². The molecule has 0 N–H and O–H groups in total. The van der Waals surface area contributed by atoms with Crippen LogP contribution in [0.15, 0.2) is 30.3 Å². The molecule has 25 heavy (non-hydrogen) atoms. The number of piperidine rings is 1. The van der Waals surface area contributed by atoms with Crippen molar-refractivity contribution in [2.75, 3.05) is 26.4 Å². The van der Waals surface area contributed by atoms with Gasteiger partial charge in [0, 0.05) is 38.6 Å². The van der Waals surface area contributed by atoms with Crippen molar-refractivity contribution in [3.63, 3.8) is 0 Å². The highest BCUT2D eigenvalue weighted by atomic mass is 16.7. The van der Waals surface area contributed by atoms with Crippen molar-refractivity contribution in [1.29, 1.82) is 0 Å². The van der Waals surface area contributed by atoms with E-state index in [1.807, 2.05) is 39.0 Å². The predicted octanol–water partition coefficient (Wildman–Crippen LogP) is 3.54. The van der Waals surface area contributed by atoms with Crippen molar-refractivity contribution in [2.24, 2.45) is 0 Å². The first-order valence-electron chi connectivity index (χ1n) is 9.32. The van der Waals surface area contributed by atoms with Crippen LogP contribution < -0.4 is 0 Å². The van der Waals surface area contributed by atoms with E-state index < -0.39 is 5.79 Å². The second-order valence-electron chi connectivity index (χ2n) is 6.32. The second-order valence-corrected chi connectivity index (χ2v) is 6.32. The van der Waals surface area contributed by atoms with Gasteiger partial charge in [-0.1, -0.05) is 30.3 Å². The van der Waals surface area contributed by atoms with E-state index in [4.69, 9.17) is 14.2 Å². The molecule has 140 valence electrons. The number of likely N-dealkylation sites (tertiary alicyclic amines) is 1. The first-order chi connectivity index (χ1) is 12.1. The Morgan fingerprint density at radius 1 is 1.16 bits per heavy atom. The summed E-state index contributed by atoms with van der Waals surface area (Å²) in [5.41, 5.74) is 1.19. The van der Waals surface area contributed by atoms with Gasteiger partial charge in [-0.2, -0.15) is 0 Å². The van der Waals surface area contributed by atoms with Crippen LogP contribution in [0, 0.1) is 0 Å². The third kappa shape index (κ3) is 4.81. The van der Waals surface area contributed by atoms with Gasteiger partial charge in [0.2, 0.25) is 0 Å². The van der Waals surface area contributed by atoms with Crippen molar-refractivity contribution >= 4 is 5.97 Å². The van der Waals surface area contributed by atoms with Gasteiger partial charge in [0.25, 0.3) is 0 Å². The van der Waals surface area contributed by atoms with Crippen molar-refractivity contribution in [3.05, 3.63) is 35.9 Å². The van der Waals surface area contributed by atoms with E-state index in [2.05, 4.69) is 24.0 Å². The summed E-state index contributed by atoms with van der Waals surface area (Å²) in [6.07, 6.45) is 1.23. The zero-order valence-corrected chi connectivity index (χ0v) is 15.9. The second kappa shape index (κ2) is 9.32. The molecule has 0 bridgehead atoms. The summed E-state index contributed by atoms with van der Waals surface area (Å²) in [7, 11) is 0. The molecular weight excluding hydrogens is 318 g/mol. The van der Waals surface area contributed by atoms with Crippen LogP contribution in [-0.2, 0) is 19.0 Å². The predicted molar refractivity (Wildman–Crippen MR) is 97.2 cm³/mol. The maximum absolute atomic E-state index is 12.7. The molecule has 2 rings (SSSR count). The van der Waals surface area contributed by atoms with Gasteiger partial charge in [-0.15, -0.1) is 0 Å². The summed E-state index contributed by atoms with van der Waals surface area (Å²) in [5.74, 6) is -0.901. The molecule has 0 radical (unpaired) electrons. The van der Waals surface area contributed by atoms with Gasteiger partial charge in [0.15, 0.2) is 5.79 Å². The van der Waals surface area contributed by atoms with Crippen molar-refractivity contribution in [1.82, 2.24) is 4.90 Å². The number of rotatable bonds is 8. The van der Waals surface area contributed by atoms with E-state index in [1.54, 1.807) is 0 Å². The molecule has 0 aromatic heterocycles. The highest BCUT2D eigenvalue weighted by Gasteiger charge is 2.46. The molecule has 5 nitrogen and oxygen atoms in total. The Bertz CT molecular complexity index is 528. The zero-order chi connectivity index (χ0) is 18.3. The van der Waals surface area contributed by atoms with Crippen molar-refractivity contribution in [2.45, 2.75) is 58.4 Å². The van der Waals surface area contributed by atoms with E-state index in [0.717, 1.165) is 13.0 Å². The highest BCUT2D eigenvalue weighted by Crippen LogP contribution is 2.36. The normalized spacial score (nSPS) is 21.7. The van der Waals surface area contributed by atoms with Crippen LogP contribution in [0.3, 0.4) is 0 Å². The average molecular weight is 349 g/mol. The average Bonchev–Trinajstić information content (AvgIpc) is 2.62. The lowest BCUT2D eigenvalue weighted by atomic mass is 9.92. The smallest absolute Gasteiger partial charge is 0.323 e. The van der Waals surface area contributed by atoms with Crippen LogP contribution >= 0.6 is 0 Å². The molecule has 2 atom stereocenters. The molecular formula is C20H31NO4. The quantitative estimate of drug-likeness (QED) is 0.531. The largest absolute Gasteiger partial charge is 0.465 e. The summed E-state index contributed by atoms with van der Waals surface area (Å²) in [6, 6.07) is 10.0. The Morgan fingerprint density at radius 2 is 1.80 bits per heavy atom. The Morgan fingerprint density at radius 3 is 2.36 bits per heavy atom. The summed E-state index contributed by atoms with van der Waals surface area (Å²) in [6.45, 7) is 10.1. The molecule has 1 saturated heterocycles. The van der Waals surface area contributed by atoms with Gasteiger partial charge in [-0.05, 0) is 33.3 Å². The van der Waals surface area contributed by atoms with Crippen LogP contribution in [0.2, 0.25) is 0 Å². The fraction of sp³-hybridized carbons (Fsp3) is 0.650. The monoisotopic (exact) mass is 349 g/mol. The summed E-state index contributed by atoms with van der Waals surface area (Å²) < 4.78 is 17.2.